The van der Waals surface area contributed by atoms with E-state index in [1.54, 1.807) is 0 Å². The molecule has 0 radical (unpaired) electrons. The summed E-state index contributed by atoms with van der Waals surface area (Å²) in [6.07, 6.45) is 4.28. The molecule has 1 N–H and O–H groups in total. The fourth-order valence-electron chi connectivity index (χ4n) is 2.67. The average Bonchev–Trinajstić information content (AvgIpc) is 2.50. The quantitative estimate of drug-likeness (QED) is 0.756. The third kappa shape index (κ3) is 2.55. The first-order valence-electron chi connectivity index (χ1n) is 6.38. The molecule has 92 valence electrons. The van der Waals surface area contributed by atoms with Crippen molar-refractivity contribution in [3.05, 3.63) is 0 Å². The molecule has 1 atom stereocenters. The van der Waals surface area contributed by atoms with Gasteiger partial charge in [0, 0.05) is 13.1 Å². The van der Waals surface area contributed by atoms with Crippen LogP contribution < -0.4 is 5.32 Å². The van der Waals surface area contributed by atoms with Crippen molar-refractivity contribution >= 4 is 5.91 Å². The number of morpholine rings is 1. The lowest BCUT2D eigenvalue weighted by molar-refractivity contribution is -0.165. The van der Waals surface area contributed by atoms with Gasteiger partial charge < -0.3 is 15.0 Å². The van der Waals surface area contributed by atoms with E-state index in [9.17, 15) is 4.79 Å². The molecule has 0 aliphatic carbocycles. The van der Waals surface area contributed by atoms with E-state index in [4.69, 9.17) is 4.74 Å². The molecule has 2 heterocycles. The summed E-state index contributed by atoms with van der Waals surface area (Å²) in [5, 5.41) is 3.39. The number of amides is 1. The minimum absolute atomic E-state index is 0.0629. The van der Waals surface area contributed by atoms with Crippen LogP contribution in [-0.2, 0) is 9.53 Å². The smallest absolute Gasteiger partial charge is 0.248 e. The van der Waals surface area contributed by atoms with E-state index in [1.165, 1.54) is 0 Å². The van der Waals surface area contributed by atoms with Crippen molar-refractivity contribution in [1.29, 1.82) is 0 Å². The van der Waals surface area contributed by atoms with Crippen LogP contribution >= 0.6 is 0 Å². The Balaban J connectivity index is 2.01. The van der Waals surface area contributed by atoms with Gasteiger partial charge in [0.2, 0.25) is 5.91 Å². The predicted octanol–water partition coefficient (Wildman–Crippen LogP) is 0.767. The van der Waals surface area contributed by atoms with Gasteiger partial charge >= 0.3 is 0 Å². The van der Waals surface area contributed by atoms with Crippen LogP contribution in [0.4, 0.5) is 0 Å². The Morgan fingerprint density at radius 2 is 2.31 bits per heavy atom. The van der Waals surface area contributed by atoms with Crippen molar-refractivity contribution in [1.82, 2.24) is 10.2 Å². The molecule has 4 heteroatoms. The van der Waals surface area contributed by atoms with Gasteiger partial charge in [0.05, 0.1) is 5.60 Å². The Morgan fingerprint density at radius 1 is 1.44 bits per heavy atom. The molecule has 0 aromatic heterocycles. The van der Waals surface area contributed by atoms with Gasteiger partial charge in [-0.3, -0.25) is 4.79 Å². The highest BCUT2D eigenvalue weighted by Gasteiger charge is 2.39. The number of ether oxygens (including phenoxy) is 1. The molecule has 2 saturated heterocycles. The molecule has 16 heavy (non-hydrogen) atoms. The van der Waals surface area contributed by atoms with E-state index in [1.807, 2.05) is 4.90 Å². The number of carbonyl (C=O) groups excluding carboxylic acids is 1. The van der Waals surface area contributed by atoms with Crippen molar-refractivity contribution < 1.29 is 9.53 Å². The zero-order chi connectivity index (χ0) is 11.4. The number of rotatable bonds is 2. The van der Waals surface area contributed by atoms with Crippen LogP contribution in [-0.4, -0.2) is 49.2 Å². The molecule has 2 rings (SSSR count). The number of hydrogen-bond donors (Lipinski definition) is 1. The summed E-state index contributed by atoms with van der Waals surface area (Å²) in [5.74, 6) is 0.157. The molecule has 0 bridgehead atoms. The number of nitrogens with one attached hydrogen (secondary N) is 1. The second-order valence-electron chi connectivity index (χ2n) is 4.89. The summed E-state index contributed by atoms with van der Waals surface area (Å²) in [4.78, 5) is 13.7. The third-order valence-electron chi connectivity index (χ3n) is 3.57. The lowest BCUT2D eigenvalue weighted by atomic mass is 9.92. The maximum Gasteiger partial charge on any atom is 0.248 e. The van der Waals surface area contributed by atoms with Crippen LogP contribution in [0, 0.1) is 0 Å². The van der Waals surface area contributed by atoms with Crippen LogP contribution in [0.3, 0.4) is 0 Å². The molecule has 0 aromatic rings. The summed E-state index contributed by atoms with van der Waals surface area (Å²) < 4.78 is 5.84. The van der Waals surface area contributed by atoms with E-state index >= 15 is 0 Å². The fourth-order valence-corrected chi connectivity index (χ4v) is 2.67. The summed E-state index contributed by atoms with van der Waals surface area (Å²) in [7, 11) is 0. The predicted molar refractivity (Wildman–Crippen MR) is 62.3 cm³/mol. The van der Waals surface area contributed by atoms with Gasteiger partial charge in [-0.05, 0) is 38.8 Å². The van der Waals surface area contributed by atoms with Gasteiger partial charge in [-0.1, -0.05) is 6.92 Å². The van der Waals surface area contributed by atoms with E-state index in [-0.39, 0.29) is 18.1 Å². The van der Waals surface area contributed by atoms with Gasteiger partial charge in [-0.25, -0.2) is 0 Å². The molecule has 1 unspecified atom stereocenters. The Hall–Kier alpha value is -0.610. The molecule has 4 nitrogen and oxygen atoms in total. The first-order chi connectivity index (χ1) is 7.76. The molecule has 1 amide bonds. The zero-order valence-corrected chi connectivity index (χ0v) is 10.1. The van der Waals surface area contributed by atoms with Gasteiger partial charge in [-0.15, -0.1) is 0 Å². The van der Waals surface area contributed by atoms with Crippen molar-refractivity contribution in [2.75, 3.05) is 32.8 Å². The summed E-state index contributed by atoms with van der Waals surface area (Å²) >= 11 is 0. The zero-order valence-electron chi connectivity index (χ0n) is 10.1. The highest BCUT2D eigenvalue weighted by atomic mass is 16.5. The Labute approximate surface area is 97.3 Å². The molecule has 2 aliphatic rings. The van der Waals surface area contributed by atoms with Gasteiger partial charge in [0.1, 0.15) is 6.61 Å². The Bertz CT molecular complexity index is 247. The van der Waals surface area contributed by atoms with Crippen LogP contribution in [0.2, 0.25) is 0 Å². The van der Waals surface area contributed by atoms with E-state index < -0.39 is 0 Å². The monoisotopic (exact) mass is 226 g/mol. The van der Waals surface area contributed by atoms with Gasteiger partial charge in [0.15, 0.2) is 0 Å². The van der Waals surface area contributed by atoms with Crippen molar-refractivity contribution in [3.8, 4) is 0 Å². The summed E-state index contributed by atoms with van der Waals surface area (Å²) in [5.41, 5.74) is -0.0629. The Morgan fingerprint density at radius 3 is 3.12 bits per heavy atom. The standard InChI is InChI=1S/C12H22N2O2/c1-2-8-14-10-12(16-9-11(14)15)4-3-6-13-7-5-12/h13H,2-10H2,1H3. The molecular formula is C12H22N2O2. The second-order valence-corrected chi connectivity index (χ2v) is 4.89. The largest absolute Gasteiger partial charge is 0.363 e. The SMILES string of the molecule is CCCN1CC2(CCCNCC2)OCC1=O. The molecule has 1 spiro atoms. The first kappa shape index (κ1) is 11.9. The second kappa shape index (κ2) is 5.15. The summed E-state index contributed by atoms with van der Waals surface area (Å²) in [6.45, 7) is 6.14. The van der Waals surface area contributed by atoms with E-state index in [0.717, 1.165) is 51.9 Å². The van der Waals surface area contributed by atoms with Crippen LogP contribution in [0.1, 0.15) is 32.6 Å². The maximum atomic E-state index is 11.7. The fraction of sp³-hybridized carbons (Fsp3) is 0.917. The topological polar surface area (TPSA) is 41.6 Å². The highest BCUT2D eigenvalue weighted by molar-refractivity contribution is 5.78. The normalized spacial score (nSPS) is 31.8. The van der Waals surface area contributed by atoms with E-state index in [0.29, 0.717) is 0 Å². The minimum Gasteiger partial charge on any atom is -0.363 e. The molecule has 0 saturated carbocycles. The first-order valence-corrected chi connectivity index (χ1v) is 6.38. The summed E-state index contributed by atoms with van der Waals surface area (Å²) in [6, 6.07) is 0. The molecular weight excluding hydrogens is 204 g/mol. The van der Waals surface area contributed by atoms with Crippen LogP contribution in [0.15, 0.2) is 0 Å². The molecule has 0 aromatic carbocycles. The number of nitrogens with zero attached hydrogens (tertiary/aromatic N) is 1. The van der Waals surface area contributed by atoms with Gasteiger partial charge in [0.25, 0.3) is 0 Å². The molecule has 2 fully saturated rings. The lowest BCUT2D eigenvalue weighted by Crippen LogP contribution is -2.55. The Kier molecular flexibility index (Phi) is 3.82. The van der Waals surface area contributed by atoms with Gasteiger partial charge in [-0.2, -0.15) is 0 Å². The lowest BCUT2D eigenvalue weighted by Gasteiger charge is -2.42. The molecule has 2 aliphatic heterocycles. The number of hydrogen-bond acceptors (Lipinski definition) is 3. The average molecular weight is 226 g/mol. The third-order valence-corrected chi connectivity index (χ3v) is 3.57. The van der Waals surface area contributed by atoms with Crippen LogP contribution in [0.25, 0.3) is 0 Å². The van der Waals surface area contributed by atoms with Crippen molar-refractivity contribution in [3.63, 3.8) is 0 Å². The number of carbonyl (C=O) groups is 1. The highest BCUT2D eigenvalue weighted by Crippen LogP contribution is 2.28. The maximum absolute atomic E-state index is 11.7. The van der Waals surface area contributed by atoms with Crippen molar-refractivity contribution in [2.45, 2.75) is 38.2 Å². The van der Waals surface area contributed by atoms with Crippen LogP contribution in [0.5, 0.6) is 0 Å². The van der Waals surface area contributed by atoms with Crippen molar-refractivity contribution in [2.24, 2.45) is 0 Å². The minimum atomic E-state index is -0.0629. The van der Waals surface area contributed by atoms with E-state index in [2.05, 4.69) is 12.2 Å².